The number of nitriles is 1. The van der Waals surface area contributed by atoms with Crippen molar-refractivity contribution in [2.24, 2.45) is 0 Å². The quantitative estimate of drug-likeness (QED) is 0.905. The van der Waals surface area contributed by atoms with E-state index in [1.807, 2.05) is 0 Å². The number of hydrogen-bond donors (Lipinski definition) is 1. The molecule has 3 rings (SSSR count). The molecule has 0 radical (unpaired) electrons. The minimum Gasteiger partial charge on any atom is -0.297 e. The minimum absolute atomic E-state index is 0.274. The lowest BCUT2D eigenvalue weighted by molar-refractivity contribution is 0.420. The number of aromatic nitrogens is 2. The standard InChI is InChI=1S/C11H14N4S2/c12-6-11(15-8-1-2-8)4-3-9(5-11)16-10-13-7-14-17-10/h7-9,15H,1-5H2. The van der Waals surface area contributed by atoms with Gasteiger partial charge in [0, 0.05) is 11.3 Å². The molecular formula is C11H14N4S2. The molecule has 1 N–H and O–H groups in total. The zero-order valence-corrected chi connectivity index (χ0v) is 11.1. The maximum atomic E-state index is 9.39. The summed E-state index contributed by atoms with van der Waals surface area (Å²) in [5, 5.41) is 13.4. The van der Waals surface area contributed by atoms with Crippen LogP contribution in [0.15, 0.2) is 10.7 Å². The number of hydrogen-bond acceptors (Lipinski definition) is 6. The van der Waals surface area contributed by atoms with Gasteiger partial charge in [0.15, 0.2) is 4.34 Å². The van der Waals surface area contributed by atoms with Crippen LogP contribution in [0.2, 0.25) is 0 Å². The highest BCUT2D eigenvalue weighted by molar-refractivity contribution is 8.01. The lowest BCUT2D eigenvalue weighted by Crippen LogP contribution is -2.43. The first-order chi connectivity index (χ1) is 8.30. The fraction of sp³-hybridized carbons (Fsp3) is 0.727. The van der Waals surface area contributed by atoms with Crippen molar-refractivity contribution < 1.29 is 0 Å². The SMILES string of the molecule is N#CC1(NC2CC2)CCC(Sc2ncns2)C1. The summed E-state index contributed by atoms with van der Waals surface area (Å²) in [5.74, 6) is 0. The zero-order valence-electron chi connectivity index (χ0n) is 9.43. The molecule has 1 aromatic heterocycles. The first-order valence-electron chi connectivity index (χ1n) is 5.92. The normalized spacial score (nSPS) is 32.5. The Morgan fingerprint density at radius 3 is 3.06 bits per heavy atom. The van der Waals surface area contributed by atoms with Gasteiger partial charge in [0.1, 0.15) is 11.9 Å². The van der Waals surface area contributed by atoms with Crippen molar-refractivity contribution in [1.82, 2.24) is 14.7 Å². The maximum absolute atomic E-state index is 9.39. The van der Waals surface area contributed by atoms with Gasteiger partial charge < -0.3 is 0 Å². The average Bonchev–Trinajstić information content (AvgIpc) is 2.84. The molecule has 0 aliphatic heterocycles. The molecule has 1 heterocycles. The fourth-order valence-electron chi connectivity index (χ4n) is 2.34. The number of rotatable bonds is 4. The van der Waals surface area contributed by atoms with E-state index in [1.165, 1.54) is 24.4 Å². The molecule has 2 aliphatic carbocycles. The third kappa shape index (κ3) is 2.62. The van der Waals surface area contributed by atoms with Crippen molar-refractivity contribution >= 4 is 23.3 Å². The van der Waals surface area contributed by atoms with Crippen molar-refractivity contribution in [3.63, 3.8) is 0 Å². The molecule has 6 heteroatoms. The molecule has 2 saturated carbocycles. The number of thioether (sulfide) groups is 1. The topological polar surface area (TPSA) is 61.6 Å². The van der Waals surface area contributed by atoms with Crippen LogP contribution >= 0.6 is 23.3 Å². The summed E-state index contributed by atoms with van der Waals surface area (Å²) in [6.45, 7) is 0. The summed E-state index contributed by atoms with van der Waals surface area (Å²) >= 11 is 3.22. The van der Waals surface area contributed by atoms with Gasteiger partial charge in [-0.25, -0.2) is 4.98 Å². The average molecular weight is 266 g/mol. The van der Waals surface area contributed by atoms with E-state index in [-0.39, 0.29) is 5.54 Å². The summed E-state index contributed by atoms with van der Waals surface area (Å²) in [6, 6.07) is 3.10. The van der Waals surface area contributed by atoms with E-state index in [4.69, 9.17) is 0 Å². The van der Waals surface area contributed by atoms with Gasteiger partial charge in [-0.2, -0.15) is 9.64 Å². The van der Waals surface area contributed by atoms with Crippen LogP contribution in [0.1, 0.15) is 32.1 Å². The highest BCUT2D eigenvalue weighted by Crippen LogP contribution is 2.41. The molecule has 2 fully saturated rings. The van der Waals surface area contributed by atoms with Gasteiger partial charge in [-0.1, -0.05) is 11.8 Å². The van der Waals surface area contributed by atoms with Crippen LogP contribution in [-0.2, 0) is 0 Å². The monoisotopic (exact) mass is 266 g/mol. The van der Waals surface area contributed by atoms with Gasteiger partial charge in [0.25, 0.3) is 0 Å². The predicted octanol–water partition coefficient (Wildman–Crippen LogP) is 2.20. The largest absolute Gasteiger partial charge is 0.297 e. The smallest absolute Gasteiger partial charge is 0.170 e. The van der Waals surface area contributed by atoms with Crippen molar-refractivity contribution in [2.75, 3.05) is 0 Å². The Hall–Kier alpha value is -0.640. The molecule has 0 bridgehead atoms. The van der Waals surface area contributed by atoms with Crippen LogP contribution in [0.5, 0.6) is 0 Å². The lowest BCUT2D eigenvalue weighted by atomic mass is 10.00. The molecule has 0 aromatic carbocycles. The first-order valence-corrected chi connectivity index (χ1v) is 7.57. The van der Waals surface area contributed by atoms with E-state index in [0.717, 1.165) is 23.6 Å². The molecule has 0 spiro atoms. The zero-order chi connectivity index (χ0) is 11.7. The molecule has 90 valence electrons. The number of nitrogens with zero attached hydrogens (tertiary/aromatic N) is 3. The first kappa shape index (κ1) is 11.5. The van der Waals surface area contributed by atoms with Crippen LogP contribution < -0.4 is 5.32 Å². The summed E-state index contributed by atoms with van der Waals surface area (Å²) in [5.41, 5.74) is -0.274. The Labute approximate surface area is 109 Å². The molecule has 17 heavy (non-hydrogen) atoms. The minimum atomic E-state index is -0.274. The van der Waals surface area contributed by atoms with E-state index in [9.17, 15) is 5.26 Å². The second-order valence-electron chi connectivity index (χ2n) is 4.80. The van der Waals surface area contributed by atoms with E-state index in [1.54, 1.807) is 18.1 Å². The highest BCUT2D eigenvalue weighted by Gasteiger charge is 2.43. The van der Waals surface area contributed by atoms with Gasteiger partial charge in [-0.05, 0) is 43.6 Å². The summed E-state index contributed by atoms with van der Waals surface area (Å²) in [7, 11) is 0. The second kappa shape index (κ2) is 4.56. The van der Waals surface area contributed by atoms with Gasteiger partial charge in [-0.15, -0.1) is 0 Å². The van der Waals surface area contributed by atoms with Crippen LogP contribution in [0.25, 0.3) is 0 Å². The van der Waals surface area contributed by atoms with E-state index >= 15 is 0 Å². The Kier molecular flexibility index (Phi) is 3.07. The van der Waals surface area contributed by atoms with E-state index < -0.39 is 0 Å². The Balaban J connectivity index is 1.61. The lowest BCUT2D eigenvalue weighted by Gasteiger charge is -2.22. The third-order valence-electron chi connectivity index (χ3n) is 3.35. The Morgan fingerprint density at radius 2 is 2.41 bits per heavy atom. The Morgan fingerprint density at radius 1 is 1.53 bits per heavy atom. The summed E-state index contributed by atoms with van der Waals surface area (Å²) in [4.78, 5) is 4.19. The molecule has 0 saturated heterocycles. The van der Waals surface area contributed by atoms with Crippen molar-refractivity contribution in [2.45, 2.75) is 53.3 Å². The molecule has 0 amide bonds. The molecule has 2 aliphatic rings. The maximum Gasteiger partial charge on any atom is 0.170 e. The van der Waals surface area contributed by atoms with Crippen LogP contribution in [0.3, 0.4) is 0 Å². The van der Waals surface area contributed by atoms with Gasteiger partial charge in [0.05, 0.1) is 6.07 Å². The highest BCUT2D eigenvalue weighted by atomic mass is 32.2. The van der Waals surface area contributed by atoms with Crippen molar-refractivity contribution in [1.29, 1.82) is 5.26 Å². The fourth-order valence-corrected chi connectivity index (χ4v) is 4.33. The van der Waals surface area contributed by atoms with Gasteiger partial charge >= 0.3 is 0 Å². The van der Waals surface area contributed by atoms with E-state index in [2.05, 4.69) is 20.7 Å². The molecule has 2 unspecified atom stereocenters. The van der Waals surface area contributed by atoms with Crippen LogP contribution in [0, 0.1) is 11.3 Å². The van der Waals surface area contributed by atoms with E-state index in [0.29, 0.717) is 11.3 Å². The second-order valence-corrected chi connectivity index (χ2v) is 7.13. The molecule has 1 aromatic rings. The van der Waals surface area contributed by atoms with Crippen molar-refractivity contribution in [3.05, 3.63) is 6.33 Å². The molecular weight excluding hydrogens is 252 g/mol. The van der Waals surface area contributed by atoms with Crippen LogP contribution in [0.4, 0.5) is 0 Å². The van der Waals surface area contributed by atoms with Gasteiger partial charge in [-0.3, -0.25) is 5.32 Å². The third-order valence-corrected chi connectivity index (χ3v) is 5.37. The number of nitrogens with one attached hydrogen (secondary N) is 1. The van der Waals surface area contributed by atoms with Crippen molar-refractivity contribution in [3.8, 4) is 6.07 Å². The molecule has 4 nitrogen and oxygen atoms in total. The predicted molar refractivity (Wildman–Crippen MR) is 67.9 cm³/mol. The molecule has 2 atom stereocenters. The summed E-state index contributed by atoms with van der Waals surface area (Å²) < 4.78 is 5.03. The Bertz CT molecular complexity index is 423. The van der Waals surface area contributed by atoms with Crippen LogP contribution in [-0.4, -0.2) is 26.2 Å². The van der Waals surface area contributed by atoms with Gasteiger partial charge in [0.2, 0.25) is 0 Å². The summed E-state index contributed by atoms with van der Waals surface area (Å²) in [6.07, 6.45) is 7.06.